The summed E-state index contributed by atoms with van der Waals surface area (Å²) in [6.45, 7) is 3.51. The van der Waals surface area contributed by atoms with E-state index in [2.05, 4.69) is 20.4 Å². The maximum Gasteiger partial charge on any atom is 0.308 e. The minimum absolute atomic E-state index is 0.221. The van der Waals surface area contributed by atoms with Crippen LogP contribution in [0.5, 0.6) is 0 Å². The molecule has 0 saturated heterocycles. The zero-order valence-corrected chi connectivity index (χ0v) is 14.5. The first kappa shape index (κ1) is 17.9. The van der Waals surface area contributed by atoms with Gasteiger partial charge in [-0.25, -0.2) is 4.98 Å². The van der Waals surface area contributed by atoms with Gasteiger partial charge in [0.15, 0.2) is 0 Å². The summed E-state index contributed by atoms with van der Waals surface area (Å²) in [4.78, 5) is 39.3. The molecular weight excluding hydrogens is 330 g/mol. The first-order chi connectivity index (χ1) is 11.4. The average molecular weight is 349 g/mol. The van der Waals surface area contributed by atoms with Crippen LogP contribution in [0.25, 0.3) is 10.2 Å². The number of nitrogens with zero attached hydrogens (tertiary/aromatic N) is 1. The molecule has 2 N–H and O–H groups in total. The second-order valence-electron chi connectivity index (χ2n) is 5.33. The number of benzene rings is 1. The molecule has 0 saturated carbocycles. The minimum atomic E-state index is -0.966. The standard InChI is InChI=1S/C16H19N3O4S/c1-9-4-5-13-11(6-9)19-14(24-13)8-17-16(22)12(18-10(2)20)7-15(21)23-3/h4-6,12H,7-8H2,1-3H3,(H,17,22)(H,18,20). The molecule has 7 nitrogen and oxygen atoms in total. The van der Waals surface area contributed by atoms with Crippen LogP contribution < -0.4 is 10.6 Å². The second kappa shape index (κ2) is 7.87. The largest absolute Gasteiger partial charge is 0.469 e. The van der Waals surface area contributed by atoms with Crippen molar-refractivity contribution in [3.05, 3.63) is 28.8 Å². The van der Waals surface area contributed by atoms with E-state index >= 15 is 0 Å². The molecule has 0 aliphatic heterocycles. The second-order valence-corrected chi connectivity index (χ2v) is 6.45. The molecule has 0 radical (unpaired) electrons. The van der Waals surface area contributed by atoms with E-state index in [1.165, 1.54) is 25.4 Å². The van der Waals surface area contributed by atoms with E-state index in [1.54, 1.807) is 0 Å². The van der Waals surface area contributed by atoms with E-state index < -0.39 is 23.8 Å². The third-order valence-electron chi connectivity index (χ3n) is 3.29. The van der Waals surface area contributed by atoms with Crippen LogP contribution in [0.3, 0.4) is 0 Å². The number of esters is 1. The van der Waals surface area contributed by atoms with Crippen molar-refractivity contribution >= 4 is 39.3 Å². The molecular formula is C16H19N3O4S. The van der Waals surface area contributed by atoms with E-state index in [0.29, 0.717) is 0 Å². The van der Waals surface area contributed by atoms with E-state index in [1.807, 2.05) is 25.1 Å². The molecule has 1 atom stereocenters. The fourth-order valence-electron chi connectivity index (χ4n) is 2.15. The molecule has 0 spiro atoms. The molecule has 0 aliphatic rings. The predicted octanol–water partition coefficient (Wildman–Crippen LogP) is 1.29. The van der Waals surface area contributed by atoms with Crippen molar-refractivity contribution in [1.82, 2.24) is 15.6 Å². The van der Waals surface area contributed by atoms with Crippen molar-refractivity contribution in [1.29, 1.82) is 0 Å². The lowest BCUT2D eigenvalue weighted by Gasteiger charge is -2.15. The Kier molecular flexibility index (Phi) is 5.86. The van der Waals surface area contributed by atoms with E-state index in [-0.39, 0.29) is 13.0 Å². The van der Waals surface area contributed by atoms with Crippen LogP contribution in [0, 0.1) is 6.92 Å². The summed E-state index contributed by atoms with van der Waals surface area (Å²) in [5, 5.41) is 5.90. The summed E-state index contributed by atoms with van der Waals surface area (Å²) >= 11 is 1.49. The van der Waals surface area contributed by atoms with Gasteiger partial charge in [0.25, 0.3) is 0 Å². The Morgan fingerprint density at radius 2 is 2.08 bits per heavy atom. The molecule has 2 rings (SSSR count). The zero-order chi connectivity index (χ0) is 17.7. The van der Waals surface area contributed by atoms with Crippen LogP contribution in [-0.2, 0) is 25.7 Å². The molecule has 8 heteroatoms. The van der Waals surface area contributed by atoms with Gasteiger partial charge in [-0.2, -0.15) is 0 Å². The first-order valence-electron chi connectivity index (χ1n) is 7.36. The maximum absolute atomic E-state index is 12.2. The summed E-state index contributed by atoms with van der Waals surface area (Å²) in [5.41, 5.74) is 2.00. The number of hydrogen-bond donors (Lipinski definition) is 2. The summed E-state index contributed by atoms with van der Waals surface area (Å²) < 4.78 is 5.59. The Balaban J connectivity index is 2.02. The fraction of sp³-hybridized carbons (Fsp3) is 0.375. The topological polar surface area (TPSA) is 97.4 Å². The zero-order valence-electron chi connectivity index (χ0n) is 13.7. The van der Waals surface area contributed by atoms with Gasteiger partial charge in [-0.3, -0.25) is 14.4 Å². The molecule has 2 amide bonds. The van der Waals surface area contributed by atoms with Gasteiger partial charge in [0.2, 0.25) is 11.8 Å². The Bertz CT molecular complexity index is 772. The van der Waals surface area contributed by atoms with Crippen molar-refractivity contribution < 1.29 is 19.1 Å². The molecule has 0 bridgehead atoms. The summed E-state index contributed by atoms with van der Waals surface area (Å²) in [7, 11) is 1.23. The van der Waals surface area contributed by atoms with Gasteiger partial charge in [0, 0.05) is 6.92 Å². The van der Waals surface area contributed by atoms with Gasteiger partial charge in [-0.15, -0.1) is 11.3 Å². The highest BCUT2D eigenvalue weighted by Crippen LogP contribution is 2.22. The fourth-order valence-corrected chi connectivity index (χ4v) is 3.04. The smallest absolute Gasteiger partial charge is 0.308 e. The maximum atomic E-state index is 12.2. The number of hydrogen-bond acceptors (Lipinski definition) is 6. The minimum Gasteiger partial charge on any atom is -0.469 e. The number of carbonyl (C=O) groups excluding carboxylic acids is 3. The first-order valence-corrected chi connectivity index (χ1v) is 8.18. The number of methoxy groups -OCH3 is 1. The lowest BCUT2D eigenvalue weighted by molar-refractivity contribution is -0.143. The number of rotatable bonds is 6. The molecule has 1 heterocycles. The highest BCUT2D eigenvalue weighted by molar-refractivity contribution is 7.18. The number of nitrogens with one attached hydrogen (secondary N) is 2. The molecule has 0 aliphatic carbocycles. The number of thiazole rings is 1. The van der Waals surface area contributed by atoms with Gasteiger partial charge in [-0.1, -0.05) is 6.07 Å². The Hall–Kier alpha value is -2.48. The van der Waals surface area contributed by atoms with Crippen molar-refractivity contribution in [3.8, 4) is 0 Å². The van der Waals surface area contributed by atoms with Crippen LogP contribution in [0.2, 0.25) is 0 Å². The van der Waals surface area contributed by atoms with Crippen molar-refractivity contribution in [2.45, 2.75) is 32.9 Å². The number of ether oxygens (including phenoxy) is 1. The Morgan fingerprint density at radius 3 is 2.75 bits per heavy atom. The summed E-state index contributed by atoms with van der Waals surface area (Å²) in [6, 6.07) is 5.01. The monoisotopic (exact) mass is 349 g/mol. The quantitative estimate of drug-likeness (QED) is 0.766. The van der Waals surface area contributed by atoms with E-state index in [9.17, 15) is 14.4 Å². The van der Waals surface area contributed by atoms with Crippen molar-refractivity contribution in [2.24, 2.45) is 0 Å². The van der Waals surface area contributed by atoms with Gasteiger partial charge < -0.3 is 15.4 Å². The molecule has 1 aromatic heterocycles. The normalized spacial score (nSPS) is 11.8. The van der Waals surface area contributed by atoms with Crippen molar-refractivity contribution in [2.75, 3.05) is 7.11 Å². The molecule has 0 fully saturated rings. The SMILES string of the molecule is COC(=O)CC(NC(C)=O)C(=O)NCc1nc2cc(C)ccc2s1. The molecule has 1 unspecified atom stereocenters. The Morgan fingerprint density at radius 1 is 1.33 bits per heavy atom. The van der Waals surface area contributed by atoms with Gasteiger partial charge in [0.05, 0.1) is 30.3 Å². The lowest BCUT2D eigenvalue weighted by atomic mass is 10.2. The van der Waals surface area contributed by atoms with E-state index in [0.717, 1.165) is 20.8 Å². The van der Waals surface area contributed by atoms with Gasteiger partial charge >= 0.3 is 5.97 Å². The van der Waals surface area contributed by atoms with Crippen LogP contribution in [0.4, 0.5) is 0 Å². The predicted molar refractivity (Wildman–Crippen MR) is 90.4 cm³/mol. The number of aryl methyl sites for hydroxylation is 1. The Labute approximate surface area is 143 Å². The number of aromatic nitrogens is 1. The lowest BCUT2D eigenvalue weighted by Crippen LogP contribution is -2.47. The molecule has 24 heavy (non-hydrogen) atoms. The van der Waals surface area contributed by atoms with Crippen LogP contribution in [0.15, 0.2) is 18.2 Å². The van der Waals surface area contributed by atoms with Gasteiger partial charge in [0.1, 0.15) is 11.0 Å². The average Bonchev–Trinajstić information content (AvgIpc) is 2.93. The summed E-state index contributed by atoms with van der Waals surface area (Å²) in [6.07, 6.45) is -0.221. The highest BCUT2D eigenvalue weighted by Gasteiger charge is 2.23. The van der Waals surface area contributed by atoms with Crippen molar-refractivity contribution in [3.63, 3.8) is 0 Å². The molecule has 1 aromatic carbocycles. The third kappa shape index (κ3) is 4.76. The van der Waals surface area contributed by atoms with E-state index in [4.69, 9.17) is 0 Å². The number of amides is 2. The number of carbonyl (C=O) groups is 3. The number of fused-ring (bicyclic) bond motifs is 1. The highest BCUT2D eigenvalue weighted by atomic mass is 32.1. The van der Waals surface area contributed by atoms with Crippen LogP contribution in [-0.4, -0.2) is 35.9 Å². The summed E-state index contributed by atoms with van der Waals surface area (Å²) in [5.74, 6) is -1.42. The van der Waals surface area contributed by atoms with Crippen LogP contribution >= 0.6 is 11.3 Å². The molecule has 2 aromatic rings. The van der Waals surface area contributed by atoms with Gasteiger partial charge in [-0.05, 0) is 24.6 Å². The third-order valence-corrected chi connectivity index (χ3v) is 4.33. The molecule has 128 valence electrons. The van der Waals surface area contributed by atoms with Crippen LogP contribution in [0.1, 0.15) is 23.9 Å².